The van der Waals surface area contributed by atoms with Crippen LogP contribution < -0.4 is 19.5 Å². The first-order chi connectivity index (χ1) is 8.62. The van der Waals surface area contributed by atoms with E-state index in [9.17, 15) is 4.79 Å². The topological polar surface area (TPSA) is 56.8 Å². The van der Waals surface area contributed by atoms with E-state index < -0.39 is 0 Å². The first-order valence-corrected chi connectivity index (χ1v) is 5.61. The van der Waals surface area contributed by atoms with Gasteiger partial charge in [-0.3, -0.25) is 4.79 Å². The van der Waals surface area contributed by atoms with Crippen molar-refractivity contribution in [2.45, 2.75) is 13.5 Å². The molecule has 0 aliphatic carbocycles. The number of ketones is 1. The van der Waals surface area contributed by atoms with Crippen molar-refractivity contribution in [1.29, 1.82) is 0 Å². The fourth-order valence-electron chi connectivity index (χ4n) is 1.60. The molecule has 0 aromatic heterocycles. The van der Waals surface area contributed by atoms with E-state index in [1.54, 1.807) is 34.3 Å². The number of carbonyl (C=O) groups excluding carboxylic acids is 1. The van der Waals surface area contributed by atoms with Crippen LogP contribution in [0.25, 0.3) is 0 Å². The van der Waals surface area contributed by atoms with Crippen LogP contribution in [0.2, 0.25) is 0 Å². The van der Waals surface area contributed by atoms with Gasteiger partial charge in [-0.15, -0.1) is 0 Å². The van der Waals surface area contributed by atoms with Gasteiger partial charge in [-0.1, -0.05) is 0 Å². The molecule has 0 amide bonds. The van der Waals surface area contributed by atoms with E-state index in [2.05, 4.69) is 5.32 Å². The Labute approximate surface area is 107 Å². The SMILES string of the molecule is COc1cc(OC)c(OC)cc1CNCC(C)=O. The molecule has 0 unspecified atom stereocenters. The first kappa shape index (κ1) is 14.3. The molecule has 18 heavy (non-hydrogen) atoms. The summed E-state index contributed by atoms with van der Waals surface area (Å²) in [5.41, 5.74) is 0.913. The second kappa shape index (κ2) is 6.86. The zero-order valence-corrected chi connectivity index (χ0v) is 11.2. The predicted octanol–water partition coefficient (Wildman–Crippen LogP) is 1.39. The molecular weight excluding hydrogens is 234 g/mol. The number of ether oxygens (including phenoxy) is 3. The van der Waals surface area contributed by atoms with Gasteiger partial charge in [0.2, 0.25) is 0 Å². The van der Waals surface area contributed by atoms with Crippen LogP contribution in [0, 0.1) is 0 Å². The number of carbonyl (C=O) groups is 1. The van der Waals surface area contributed by atoms with Gasteiger partial charge < -0.3 is 19.5 Å². The highest BCUT2D eigenvalue weighted by Gasteiger charge is 2.11. The fraction of sp³-hybridized carbons (Fsp3) is 0.462. The van der Waals surface area contributed by atoms with Gasteiger partial charge in [0, 0.05) is 18.2 Å². The van der Waals surface area contributed by atoms with Crippen LogP contribution in [-0.4, -0.2) is 33.7 Å². The Morgan fingerprint density at radius 1 is 1.06 bits per heavy atom. The smallest absolute Gasteiger partial charge is 0.164 e. The molecule has 1 aromatic carbocycles. The summed E-state index contributed by atoms with van der Waals surface area (Å²) >= 11 is 0. The molecular formula is C13H19NO4. The summed E-state index contributed by atoms with van der Waals surface area (Å²) < 4.78 is 15.7. The van der Waals surface area contributed by atoms with Crippen LogP contribution in [-0.2, 0) is 11.3 Å². The van der Waals surface area contributed by atoms with Gasteiger partial charge in [0.05, 0.1) is 27.9 Å². The minimum absolute atomic E-state index is 0.0921. The highest BCUT2D eigenvalue weighted by atomic mass is 16.5. The number of Topliss-reactive ketones (excluding diaryl/α,β-unsaturated/α-hetero) is 1. The molecule has 0 radical (unpaired) electrons. The van der Waals surface area contributed by atoms with E-state index in [-0.39, 0.29) is 5.78 Å². The second-order valence-electron chi connectivity index (χ2n) is 3.82. The maximum atomic E-state index is 10.9. The van der Waals surface area contributed by atoms with Gasteiger partial charge in [-0.2, -0.15) is 0 Å². The van der Waals surface area contributed by atoms with Crippen molar-refractivity contribution in [3.05, 3.63) is 17.7 Å². The quantitative estimate of drug-likeness (QED) is 0.795. The lowest BCUT2D eigenvalue weighted by Gasteiger charge is -2.14. The highest BCUT2D eigenvalue weighted by Crippen LogP contribution is 2.34. The number of hydrogen-bond donors (Lipinski definition) is 1. The summed E-state index contributed by atoms with van der Waals surface area (Å²) in [5.74, 6) is 2.04. The van der Waals surface area contributed by atoms with Crippen molar-refractivity contribution in [2.75, 3.05) is 27.9 Å². The minimum Gasteiger partial charge on any atom is -0.496 e. The zero-order chi connectivity index (χ0) is 13.5. The third kappa shape index (κ3) is 3.63. The fourth-order valence-corrected chi connectivity index (χ4v) is 1.60. The van der Waals surface area contributed by atoms with E-state index in [0.717, 1.165) is 5.56 Å². The lowest BCUT2D eigenvalue weighted by molar-refractivity contribution is -0.116. The molecule has 0 fully saturated rings. The molecule has 1 N–H and O–H groups in total. The maximum absolute atomic E-state index is 10.9. The van der Waals surface area contributed by atoms with Crippen molar-refractivity contribution in [1.82, 2.24) is 5.32 Å². The molecule has 100 valence electrons. The predicted molar refractivity (Wildman–Crippen MR) is 68.5 cm³/mol. The van der Waals surface area contributed by atoms with Crippen LogP contribution in [0.15, 0.2) is 12.1 Å². The van der Waals surface area contributed by atoms with E-state index in [0.29, 0.717) is 30.3 Å². The van der Waals surface area contributed by atoms with E-state index in [1.165, 1.54) is 0 Å². The Balaban J connectivity index is 2.91. The van der Waals surface area contributed by atoms with Crippen molar-refractivity contribution in [3.63, 3.8) is 0 Å². The molecule has 0 heterocycles. The Kier molecular flexibility index (Phi) is 5.45. The summed E-state index contributed by atoms with van der Waals surface area (Å²) in [6.45, 7) is 2.40. The normalized spacial score (nSPS) is 10.0. The molecule has 5 nitrogen and oxygen atoms in total. The van der Waals surface area contributed by atoms with Crippen molar-refractivity contribution in [2.24, 2.45) is 0 Å². The van der Waals surface area contributed by atoms with Crippen LogP contribution in [0.1, 0.15) is 12.5 Å². The highest BCUT2D eigenvalue weighted by molar-refractivity contribution is 5.77. The zero-order valence-electron chi connectivity index (χ0n) is 11.2. The van der Waals surface area contributed by atoms with Crippen LogP contribution in [0.5, 0.6) is 17.2 Å². The van der Waals surface area contributed by atoms with Gasteiger partial charge in [-0.25, -0.2) is 0 Å². The molecule has 0 spiro atoms. The monoisotopic (exact) mass is 253 g/mol. The van der Waals surface area contributed by atoms with Gasteiger partial charge in [-0.05, 0) is 13.0 Å². The standard InChI is InChI=1S/C13H19NO4/c1-9(15)7-14-8-10-5-12(17-3)13(18-4)6-11(10)16-2/h5-6,14H,7-8H2,1-4H3. The van der Waals surface area contributed by atoms with Gasteiger partial charge in [0.1, 0.15) is 11.5 Å². The van der Waals surface area contributed by atoms with Gasteiger partial charge in [0.15, 0.2) is 11.5 Å². The van der Waals surface area contributed by atoms with Crippen molar-refractivity contribution < 1.29 is 19.0 Å². The molecule has 0 aliphatic rings. The van der Waals surface area contributed by atoms with Gasteiger partial charge >= 0.3 is 0 Å². The lowest BCUT2D eigenvalue weighted by Crippen LogP contribution is -2.20. The minimum atomic E-state index is 0.0921. The molecule has 0 saturated heterocycles. The Hall–Kier alpha value is -1.75. The lowest BCUT2D eigenvalue weighted by atomic mass is 10.1. The average Bonchev–Trinajstić information content (AvgIpc) is 2.37. The van der Waals surface area contributed by atoms with E-state index in [1.807, 2.05) is 6.07 Å². The van der Waals surface area contributed by atoms with Gasteiger partial charge in [0.25, 0.3) is 0 Å². The molecule has 0 aliphatic heterocycles. The molecule has 0 atom stereocenters. The largest absolute Gasteiger partial charge is 0.496 e. The molecule has 0 bridgehead atoms. The molecule has 1 aromatic rings. The Bertz CT molecular complexity index is 418. The Morgan fingerprint density at radius 3 is 2.11 bits per heavy atom. The summed E-state index contributed by atoms with van der Waals surface area (Å²) in [6.07, 6.45) is 0. The summed E-state index contributed by atoms with van der Waals surface area (Å²) in [7, 11) is 4.75. The van der Waals surface area contributed by atoms with Crippen LogP contribution in [0.4, 0.5) is 0 Å². The Morgan fingerprint density at radius 2 is 1.61 bits per heavy atom. The number of benzene rings is 1. The number of rotatable bonds is 7. The summed E-state index contributed by atoms with van der Waals surface area (Å²) in [5, 5.41) is 3.04. The first-order valence-electron chi connectivity index (χ1n) is 5.61. The van der Waals surface area contributed by atoms with E-state index >= 15 is 0 Å². The van der Waals surface area contributed by atoms with E-state index in [4.69, 9.17) is 14.2 Å². The number of methoxy groups -OCH3 is 3. The maximum Gasteiger partial charge on any atom is 0.164 e. The molecule has 0 saturated carbocycles. The second-order valence-corrected chi connectivity index (χ2v) is 3.82. The summed E-state index contributed by atoms with van der Waals surface area (Å²) in [6, 6.07) is 3.61. The van der Waals surface area contributed by atoms with Crippen molar-refractivity contribution >= 4 is 5.78 Å². The van der Waals surface area contributed by atoms with Crippen LogP contribution >= 0.6 is 0 Å². The third-order valence-corrected chi connectivity index (χ3v) is 2.48. The van der Waals surface area contributed by atoms with Crippen LogP contribution in [0.3, 0.4) is 0 Å². The van der Waals surface area contributed by atoms with Crippen molar-refractivity contribution in [3.8, 4) is 17.2 Å². The molecule has 5 heteroatoms. The summed E-state index contributed by atoms with van der Waals surface area (Å²) in [4.78, 5) is 10.9. The third-order valence-electron chi connectivity index (χ3n) is 2.48. The average molecular weight is 253 g/mol. The molecule has 1 rings (SSSR count). The number of nitrogens with one attached hydrogen (secondary N) is 1. The number of hydrogen-bond acceptors (Lipinski definition) is 5.